The first-order valence-corrected chi connectivity index (χ1v) is 7.15. The third-order valence-corrected chi connectivity index (χ3v) is 2.84. The van der Waals surface area contributed by atoms with Crippen molar-refractivity contribution in [3.8, 4) is 11.8 Å². The molecule has 0 aliphatic heterocycles. The lowest BCUT2D eigenvalue weighted by atomic mass is 9.98. The van der Waals surface area contributed by atoms with Crippen molar-refractivity contribution in [3.05, 3.63) is 60.2 Å². The van der Waals surface area contributed by atoms with Gasteiger partial charge in [-0.1, -0.05) is 60.4 Å². The number of hydrogen-bond donors (Lipinski definition) is 0. The van der Waals surface area contributed by atoms with E-state index in [-0.39, 0.29) is 15.9 Å². The molecule has 2 rings (SSSR count). The minimum Gasteiger partial charge on any atom is -0.298 e. The molecule has 0 atom stereocenters. The summed E-state index contributed by atoms with van der Waals surface area (Å²) in [5, 5.41) is 1.27. The molecule has 0 amide bonds. The van der Waals surface area contributed by atoms with Crippen LogP contribution in [0, 0.1) is 17.3 Å². The van der Waals surface area contributed by atoms with Gasteiger partial charge >= 0.3 is 0 Å². The molecule has 0 aliphatic rings. The largest absolute Gasteiger partial charge is 0.298 e. The molecule has 0 saturated heterocycles. The molecule has 0 unspecified atom stereocenters. The molecule has 1 heteroatoms. The van der Waals surface area contributed by atoms with Gasteiger partial charge in [0.25, 0.3) is 0 Å². The van der Waals surface area contributed by atoms with E-state index in [1.54, 1.807) is 36.4 Å². The van der Waals surface area contributed by atoms with Crippen LogP contribution in [0.2, 0.25) is 0 Å². The van der Waals surface area contributed by atoms with Crippen LogP contribution in [0.25, 0.3) is 10.8 Å². The summed E-state index contributed by atoms with van der Waals surface area (Å²) in [7, 11) is 0. The van der Waals surface area contributed by atoms with Gasteiger partial charge in [0.1, 0.15) is 0 Å². The van der Waals surface area contributed by atoms with Gasteiger partial charge in [-0.25, -0.2) is 0 Å². The molecule has 0 saturated carbocycles. The second-order valence-corrected chi connectivity index (χ2v) is 5.96. The van der Waals surface area contributed by atoms with E-state index in [0.29, 0.717) is 5.39 Å². The SMILES string of the molecule is [2H]C([2H])([2H])N(C([2H])([2H])C=CC#CC(C)(C)C)C([2H])([2H])c1cccc2ccccc12. The Hall–Kier alpha value is -2.04. The second kappa shape index (κ2) is 7.29. The molecule has 0 radical (unpaired) electrons. The van der Waals surface area contributed by atoms with Crippen LogP contribution >= 0.6 is 0 Å². The Balaban J connectivity index is 2.58. The molecule has 1 nitrogen and oxygen atoms in total. The molecule has 0 bridgehead atoms. The van der Waals surface area contributed by atoms with Gasteiger partial charge in [-0.05, 0) is 50.2 Å². The fourth-order valence-corrected chi connectivity index (χ4v) is 1.89. The van der Waals surface area contributed by atoms with Crippen LogP contribution < -0.4 is 0 Å². The summed E-state index contributed by atoms with van der Waals surface area (Å²) in [6.45, 7) is -2.56. The zero-order valence-corrected chi connectivity index (χ0v) is 13.1. The average molecular weight is 298 g/mol. The minimum atomic E-state index is -3.04. The van der Waals surface area contributed by atoms with Crippen molar-refractivity contribution >= 4 is 10.8 Å². The predicted molar refractivity (Wildman–Crippen MR) is 96.7 cm³/mol. The molecule has 0 aromatic heterocycles. The van der Waals surface area contributed by atoms with Gasteiger partial charge in [0.2, 0.25) is 0 Å². The van der Waals surface area contributed by atoms with E-state index >= 15 is 0 Å². The highest BCUT2D eigenvalue weighted by molar-refractivity contribution is 5.85. The van der Waals surface area contributed by atoms with Gasteiger partial charge in [0, 0.05) is 28.0 Å². The first-order chi connectivity index (χ1) is 13.2. The van der Waals surface area contributed by atoms with E-state index in [0.717, 1.165) is 11.5 Å². The van der Waals surface area contributed by atoms with E-state index in [2.05, 4.69) is 11.8 Å². The highest BCUT2D eigenvalue weighted by Gasteiger charge is 2.03. The summed E-state index contributed by atoms with van der Waals surface area (Å²) in [5.74, 6) is 5.62. The van der Waals surface area contributed by atoms with E-state index in [1.807, 2.05) is 20.8 Å². The van der Waals surface area contributed by atoms with Crippen LogP contribution in [0.4, 0.5) is 0 Å². The number of allylic oxidation sites excluding steroid dienone is 1. The third kappa shape index (κ3) is 5.06. The standard InChI is InChI=1S/C21H25N/c1-21(2,3)15-8-5-9-16-22(4)17-19-13-10-12-18-11-6-7-14-20(18)19/h5-7,9-14H,16-17H2,1-4H3/i4D3,16D2,17D2. The molecule has 0 fully saturated rings. The summed E-state index contributed by atoms with van der Waals surface area (Å²) >= 11 is 0. The summed E-state index contributed by atoms with van der Waals surface area (Å²) < 4.78 is 57.4. The summed E-state index contributed by atoms with van der Waals surface area (Å²) in [6.07, 6.45) is 2.23. The quantitative estimate of drug-likeness (QED) is 0.727. The molecule has 22 heavy (non-hydrogen) atoms. The van der Waals surface area contributed by atoms with Crippen molar-refractivity contribution < 1.29 is 9.60 Å². The number of hydrogen-bond acceptors (Lipinski definition) is 1. The number of rotatable bonds is 4. The fourth-order valence-electron chi connectivity index (χ4n) is 1.89. The van der Waals surface area contributed by atoms with Crippen molar-refractivity contribution in [3.63, 3.8) is 0 Å². The molecule has 114 valence electrons. The highest BCUT2D eigenvalue weighted by Crippen LogP contribution is 2.19. The van der Waals surface area contributed by atoms with Crippen LogP contribution in [0.1, 0.15) is 35.9 Å². The molecule has 2 aromatic rings. The van der Waals surface area contributed by atoms with Gasteiger partial charge in [0.15, 0.2) is 0 Å². The topological polar surface area (TPSA) is 3.24 Å². The highest BCUT2D eigenvalue weighted by atomic mass is 15.1. The normalized spacial score (nSPS) is 18.5. The Kier molecular flexibility index (Phi) is 3.04. The van der Waals surface area contributed by atoms with E-state index in [9.17, 15) is 0 Å². The molecular formula is C21H25N. The predicted octanol–water partition coefficient (Wildman–Crippen LogP) is 4.88. The third-order valence-electron chi connectivity index (χ3n) is 2.84. The number of fused-ring (bicyclic) bond motifs is 1. The second-order valence-electron chi connectivity index (χ2n) is 5.96. The summed E-state index contributed by atoms with van der Waals surface area (Å²) in [4.78, 5) is 0.282. The van der Waals surface area contributed by atoms with Crippen molar-refractivity contribution in [1.29, 1.82) is 0 Å². The molecule has 0 N–H and O–H groups in total. The molecular weight excluding hydrogens is 266 g/mol. The molecule has 0 spiro atoms. The van der Waals surface area contributed by atoms with Crippen LogP contribution in [0.3, 0.4) is 0 Å². The monoisotopic (exact) mass is 298 g/mol. The molecule has 2 aromatic carbocycles. The molecule has 0 aliphatic carbocycles. The lowest BCUT2D eigenvalue weighted by molar-refractivity contribution is 0.365. The first kappa shape index (κ1) is 9.18. The first-order valence-electron chi connectivity index (χ1n) is 10.7. The number of nitrogens with zero attached hydrogens (tertiary/aromatic N) is 1. The maximum absolute atomic E-state index is 8.62. The van der Waals surface area contributed by atoms with Gasteiger partial charge in [-0.2, -0.15) is 0 Å². The van der Waals surface area contributed by atoms with Crippen LogP contribution in [0.5, 0.6) is 0 Å². The maximum atomic E-state index is 8.62. The van der Waals surface area contributed by atoms with Crippen molar-refractivity contribution in [2.75, 3.05) is 13.5 Å². The van der Waals surface area contributed by atoms with Crippen molar-refractivity contribution in [1.82, 2.24) is 4.90 Å². The van der Waals surface area contributed by atoms with Gasteiger partial charge in [-0.15, -0.1) is 0 Å². The van der Waals surface area contributed by atoms with E-state index in [4.69, 9.17) is 9.60 Å². The summed E-state index contributed by atoms with van der Waals surface area (Å²) in [6, 6.07) is 11.9. The van der Waals surface area contributed by atoms with Gasteiger partial charge in [0.05, 0.1) is 0 Å². The zero-order valence-electron chi connectivity index (χ0n) is 20.1. The lowest BCUT2D eigenvalue weighted by Gasteiger charge is -2.15. The Morgan fingerprint density at radius 1 is 1.18 bits per heavy atom. The van der Waals surface area contributed by atoms with E-state index < -0.39 is 20.0 Å². The van der Waals surface area contributed by atoms with E-state index in [1.165, 1.54) is 12.1 Å². The number of benzene rings is 2. The van der Waals surface area contributed by atoms with Crippen LogP contribution in [0.15, 0.2) is 54.6 Å². The molecule has 0 heterocycles. The van der Waals surface area contributed by atoms with Crippen molar-refractivity contribution in [2.24, 2.45) is 5.41 Å². The Bertz CT molecular complexity index is 951. The zero-order chi connectivity index (χ0) is 22.1. The Morgan fingerprint density at radius 2 is 1.95 bits per heavy atom. The number of likely N-dealkylation sites (N-methyl/N-ethyl adjacent to an activating group) is 1. The lowest BCUT2D eigenvalue weighted by Crippen LogP contribution is -2.17. The Labute approximate surface area is 144 Å². The summed E-state index contributed by atoms with van der Waals surface area (Å²) in [5.41, 5.74) is -0.206. The fraction of sp³-hybridized carbons (Fsp3) is 0.333. The van der Waals surface area contributed by atoms with Gasteiger partial charge < -0.3 is 0 Å². The average Bonchev–Trinajstić information content (AvgIpc) is 2.55. The minimum absolute atomic E-state index is 0.0878. The maximum Gasteiger partial charge on any atom is 0.0481 e. The Morgan fingerprint density at radius 3 is 2.73 bits per heavy atom. The van der Waals surface area contributed by atoms with Crippen LogP contribution in [-0.4, -0.2) is 18.4 Å². The van der Waals surface area contributed by atoms with Gasteiger partial charge in [-0.3, -0.25) is 4.90 Å². The van der Waals surface area contributed by atoms with Crippen molar-refractivity contribution in [2.45, 2.75) is 27.3 Å². The smallest absolute Gasteiger partial charge is 0.0481 e. The van der Waals surface area contributed by atoms with Crippen LogP contribution in [-0.2, 0) is 6.50 Å².